The van der Waals surface area contributed by atoms with Crippen LogP contribution in [0.4, 0.5) is 19.3 Å². The number of rotatable bonds is 3. The Balaban J connectivity index is 2.04. The monoisotopic (exact) mass is 348 g/mol. The van der Waals surface area contributed by atoms with Crippen molar-refractivity contribution in [2.45, 2.75) is 18.4 Å². The van der Waals surface area contributed by atoms with Gasteiger partial charge in [0.05, 0.1) is 11.6 Å². The largest absolute Gasteiger partial charge is 0.467 e. The van der Waals surface area contributed by atoms with Crippen molar-refractivity contribution in [1.82, 2.24) is 5.32 Å². The predicted molar refractivity (Wildman–Crippen MR) is 70.2 cm³/mol. The molecule has 0 unspecified atom stereocenters. The van der Waals surface area contributed by atoms with Crippen LogP contribution in [0.5, 0.6) is 0 Å². The van der Waals surface area contributed by atoms with E-state index in [1.165, 1.54) is 7.11 Å². The number of carbonyl (C=O) groups is 2. The van der Waals surface area contributed by atoms with E-state index < -0.39 is 29.2 Å². The van der Waals surface area contributed by atoms with Crippen LogP contribution in [0.2, 0.25) is 0 Å². The minimum absolute atomic E-state index is 0.0543. The van der Waals surface area contributed by atoms with E-state index in [4.69, 9.17) is 0 Å². The van der Waals surface area contributed by atoms with Crippen LogP contribution in [0.1, 0.15) is 12.8 Å². The average Bonchev–Trinajstić information content (AvgIpc) is 3.15. The third-order valence-corrected chi connectivity index (χ3v) is 3.68. The first kappa shape index (κ1) is 14.7. The maximum Gasteiger partial charge on any atom is 0.331 e. The number of nitrogens with one attached hydrogen (secondary N) is 2. The van der Waals surface area contributed by atoms with Gasteiger partial charge in [-0.25, -0.2) is 18.4 Å². The van der Waals surface area contributed by atoms with Gasteiger partial charge in [0.1, 0.15) is 17.2 Å². The van der Waals surface area contributed by atoms with Crippen LogP contribution < -0.4 is 10.6 Å². The van der Waals surface area contributed by atoms with Gasteiger partial charge in [0.2, 0.25) is 0 Å². The van der Waals surface area contributed by atoms with E-state index in [0.29, 0.717) is 12.8 Å². The summed E-state index contributed by atoms with van der Waals surface area (Å²) in [4.78, 5) is 23.2. The van der Waals surface area contributed by atoms with Gasteiger partial charge in [-0.15, -0.1) is 0 Å². The fraction of sp³-hybridized carbons (Fsp3) is 0.333. The third-order valence-electron chi connectivity index (χ3n) is 2.92. The average molecular weight is 349 g/mol. The lowest BCUT2D eigenvalue weighted by Gasteiger charge is -2.15. The van der Waals surface area contributed by atoms with E-state index >= 15 is 0 Å². The number of amides is 2. The summed E-state index contributed by atoms with van der Waals surface area (Å²) in [5.41, 5.74) is -1.08. The molecule has 0 spiro atoms. The second kappa shape index (κ2) is 5.35. The predicted octanol–water partition coefficient (Wildman–Crippen LogP) is 2.55. The van der Waals surface area contributed by atoms with E-state index in [1.54, 1.807) is 0 Å². The van der Waals surface area contributed by atoms with Crippen molar-refractivity contribution in [3.05, 3.63) is 28.2 Å². The van der Waals surface area contributed by atoms with Gasteiger partial charge in [0, 0.05) is 5.69 Å². The molecule has 1 aromatic rings. The Kier molecular flexibility index (Phi) is 3.94. The van der Waals surface area contributed by atoms with Crippen LogP contribution in [0.3, 0.4) is 0 Å². The number of benzene rings is 1. The van der Waals surface area contributed by atoms with Crippen LogP contribution in [-0.4, -0.2) is 24.6 Å². The summed E-state index contributed by atoms with van der Waals surface area (Å²) in [5, 5.41) is 4.71. The summed E-state index contributed by atoms with van der Waals surface area (Å²) < 4.78 is 30.8. The molecule has 0 saturated heterocycles. The zero-order valence-electron chi connectivity index (χ0n) is 10.4. The first-order chi connectivity index (χ1) is 9.38. The second-order valence-corrected chi connectivity index (χ2v) is 5.20. The highest BCUT2D eigenvalue weighted by Gasteiger charge is 2.52. The van der Waals surface area contributed by atoms with Crippen LogP contribution in [0.25, 0.3) is 0 Å². The number of hydrogen-bond donors (Lipinski definition) is 2. The van der Waals surface area contributed by atoms with Crippen molar-refractivity contribution < 1.29 is 23.1 Å². The molecule has 1 saturated carbocycles. The molecule has 8 heteroatoms. The van der Waals surface area contributed by atoms with Gasteiger partial charge in [-0.2, -0.15) is 0 Å². The maximum atomic E-state index is 13.3. The first-order valence-corrected chi connectivity index (χ1v) is 6.49. The number of methoxy groups -OCH3 is 1. The number of esters is 1. The van der Waals surface area contributed by atoms with Crippen LogP contribution in [-0.2, 0) is 9.53 Å². The van der Waals surface area contributed by atoms with E-state index in [9.17, 15) is 18.4 Å². The van der Waals surface area contributed by atoms with Crippen molar-refractivity contribution in [3.8, 4) is 0 Å². The molecule has 1 aliphatic carbocycles. The number of anilines is 1. The lowest BCUT2D eigenvalue weighted by molar-refractivity contribution is -0.144. The lowest BCUT2D eigenvalue weighted by atomic mass is 10.3. The third kappa shape index (κ3) is 2.90. The quantitative estimate of drug-likeness (QED) is 0.651. The molecule has 0 heterocycles. The molecule has 2 rings (SSSR count). The number of halogens is 3. The molecule has 0 aromatic heterocycles. The van der Waals surface area contributed by atoms with Crippen molar-refractivity contribution in [2.75, 3.05) is 12.4 Å². The Morgan fingerprint density at radius 1 is 1.30 bits per heavy atom. The molecular formula is C12H11BrF2N2O3. The highest BCUT2D eigenvalue weighted by Crippen LogP contribution is 2.36. The fourth-order valence-electron chi connectivity index (χ4n) is 1.71. The van der Waals surface area contributed by atoms with Crippen molar-refractivity contribution in [2.24, 2.45) is 0 Å². The summed E-state index contributed by atoms with van der Waals surface area (Å²) in [6.45, 7) is 0. The van der Waals surface area contributed by atoms with Gasteiger partial charge in [0.15, 0.2) is 0 Å². The standard InChI is InChI=1S/C12H11BrF2N2O3/c1-20-10(18)12(2-3-12)17-11(19)16-6-4-7(14)9(13)8(15)5-6/h4-5H,2-3H2,1H3,(H2,16,17,19). The van der Waals surface area contributed by atoms with Crippen molar-refractivity contribution in [3.63, 3.8) is 0 Å². The summed E-state index contributed by atoms with van der Waals surface area (Å²) >= 11 is 2.73. The summed E-state index contributed by atoms with van der Waals surface area (Å²) in [5.74, 6) is -2.22. The molecule has 1 aliphatic rings. The van der Waals surface area contributed by atoms with E-state index in [-0.39, 0.29) is 10.2 Å². The van der Waals surface area contributed by atoms with Gasteiger partial charge in [0.25, 0.3) is 0 Å². The van der Waals surface area contributed by atoms with Crippen LogP contribution in [0.15, 0.2) is 16.6 Å². The second-order valence-electron chi connectivity index (χ2n) is 4.41. The molecule has 108 valence electrons. The first-order valence-electron chi connectivity index (χ1n) is 5.70. The Morgan fingerprint density at radius 2 is 1.85 bits per heavy atom. The topological polar surface area (TPSA) is 67.4 Å². The number of ether oxygens (including phenoxy) is 1. The van der Waals surface area contributed by atoms with Gasteiger partial charge in [-0.3, -0.25) is 0 Å². The SMILES string of the molecule is COC(=O)C1(NC(=O)Nc2cc(F)c(Br)c(F)c2)CC1. The zero-order valence-corrected chi connectivity index (χ0v) is 12.0. The molecule has 0 radical (unpaired) electrons. The van der Waals surface area contributed by atoms with Gasteiger partial charge in [-0.05, 0) is 40.9 Å². The molecule has 0 atom stereocenters. The Morgan fingerprint density at radius 3 is 2.30 bits per heavy atom. The van der Waals surface area contributed by atoms with Gasteiger partial charge < -0.3 is 15.4 Å². The molecule has 5 nitrogen and oxygen atoms in total. The number of hydrogen-bond acceptors (Lipinski definition) is 3. The van der Waals surface area contributed by atoms with Crippen molar-refractivity contribution in [1.29, 1.82) is 0 Å². The molecule has 2 N–H and O–H groups in total. The minimum atomic E-state index is -1.02. The molecule has 2 amide bonds. The van der Waals surface area contributed by atoms with E-state index in [1.807, 2.05) is 0 Å². The normalized spacial score (nSPS) is 15.4. The van der Waals surface area contributed by atoms with Crippen LogP contribution in [0, 0.1) is 11.6 Å². The molecule has 0 bridgehead atoms. The summed E-state index contributed by atoms with van der Waals surface area (Å²) in [6, 6.07) is 1.20. The van der Waals surface area contributed by atoms with Crippen molar-refractivity contribution >= 4 is 33.6 Å². The highest BCUT2D eigenvalue weighted by molar-refractivity contribution is 9.10. The molecular weight excluding hydrogens is 338 g/mol. The summed E-state index contributed by atoms with van der Waals surface area (Å²) in [6.07, 6.45) is 0.937. The van der Waals surface area contributed by atoms with Gasteiger partial charge in [-0.1, -0.05) is 0 Å². The number of carbonyl (C=O) groups excluding carboxylic acids is 2. The molecule has 1 aromatic carbocycles. The van der Waals surface area contributed by atoms with Gasteiger partial charge >= 0.3 is 12.0 Å². The molecule has 0 aliphatic heterocycles. The Labute approximate surface area is 121 Å². The lowest BCUT2D eigenvalue weighted by Crippen LogP contribution is -2.45. The minimum Gasteiger partial charge on any atom is -0.467 e. The maximum absolute atomic E-state index is 13.3. The highest BCUT2D eigenvalue weighted by atomic mass is 79.9. The van der Waals surface area contributed by atoms with E-state index in [0.717, 1.165) is 12.1 Å². The fourth-order valence-corrected chi connectivity index (χ4v) is 1.94. The zero-order chi connectivity index (χ0) is 14.9. The smallest absolute Gasteiger partial charge is 0.331 e. The molecule has 20 heavy (non-hydrogen) atoms. The van der Waals surface area contributed by atoms with E-state index in [2.05, 4.69) is 31.3 Å². The summed E-state index contributed by atoms with van der Waals surface area (Å²) in [7, 11) is 1.22. The van der Waals surface area contributed by atoms with Crippen LogP contribution >= 0.6 is 15.9 Å². The molecule has 1 fully saturated rings. The Bertz CT molecular complexity index is 553. The Hall–Kier alpha value is -1.70. The number of urea groups is 1.